The molecule has 0 aliphatic rings. The summed E-state index contributed by atoms with van der Waals surface area (Å²) in [6, 6.07) is 0. The van der Waals surface area contributed by atoms with Gasteiger partial charge in [-0.1, -0.05) is 290 Å². The lowest BCUT2D eigenvalue weighted by atomic mass is 10.0. The van der Waals surface area contributed by atoms with Crippen LogP contribution in [0.5, 0.6) is 0 Å². The molecule has 0 saturated carbocycles. The number of phosphoric ester groups is 1. The smallest absolute Gasteiger partial charge is 0.462 e. The standard InChI is InChI=1S/C64H123O11P/c1-4-7-10-13-16-19-22-25-28-30-33-36-39-42-45-48-51-54-63(67)74-60(56-65)58-72-76(69,70)73-59-61(57-71-62(66)53-50-47-44-41-38-35-32-27-24-21-18-15-12-9-6-3)75-64(68)55-52-49-46-43-40-37-34-31-29-26-23-20-17-14-11-8-5-2/h27,32,60-61,65H,4-26,28-31,33-59H2,1-3H3,(H,69,70)/b32-27-. The first-order valence-corrected chi connectivity index (χ1v) is 34.1. The van der Waals surface area contributed by atoms with E-state index in [9.17, 15) is 28.9 Å². The van der Waals surface area contributed by atoms with E-state index in [1.807, 2.05) is 0 Å². The van der Waals surface area contributed by atoms with Gasteiger partial charge < -0.3 is 24.2 Å². The van der Waals surface area contributed by atoms with Gasteiger partial charge in [0.15, 0.2) is 6.10 Å². The molecule has 0 heterocycles. The molecule has 0 aliphatic carbocycles. The van der Waals surface area contributed by atoms with Crippen LogP contribution in [0.2, 0.25) is 0 Å². The molecule has 2 N–H and O–H groups in total. The zero-order valence-electron chi connectivity index (χ0n) is 50.0. The molecule has 0 aromatic rings. The summed E-state index contributed by atoms with van der Waals surface area (Å²) in [5.74, 6) is -1.44. The van der Waals surface area contributed by atoms with E-state index in [0.717, 1.165) is 77.0 Å². The Morgan fingerprint density at radius 2 is 0.605 bits per heavy atom. The fourth-order valence-corrected chi connectivity index (χ4v) is 10.5. The summed E-state index contributed by atoms with van der Waals surface area (Å²) < 4.78 is 39.7. The molecule has 0 aromatic carbocycles. The SMILES string of the molecule is CCCCCCCC/C=C\CCCCCCCC(=O)OCC(COP(=O)(O)OCC(CO)OC(=O)CCCCCCCCCCCCCCCCCCC)OC(=O)CCCCCCCCCCCCCCCCCCC. The van der Waals surface area contributed by atoms with Gasteiger partial charge in [-0.05, 0) is 44.9 Å². The van der Waals surface area contributed by atoms with Crippen molar-refractivity contribution in [2.24, 2.45) is 0 Å². The molecule has 0 aromatic heterocycles. The zero-order chi connectivity index (χ0) is 55.5. The van der Waals surface area contributed by atoms with Crippen molar-refractivity contribution in [1.29, 1.82) is 0 Å². The van der Waals surface area contributed by atoms with Crippen molar-refractivity contribution in [3.05, 3.63) is 12.2 Å². The van der Waals surface area contributed by atoms with Gasteiger partial charge in [0.25, 0.3) is 0 Å². The molecule has 12 heteroatoms. The summed E-state index contributed by atoms with van der Waals surface area (Å²) in [6.07, 6.45) is 60.2. The minimum atomic E-state index is -4.74. The Labute approximate surface area is 468 Å². The molecule has 0 aliphatic heterocycles. The topological polar surface area (TPSA) is 155 Å². The number of aliphatic hydroxyl groups is 1. The Hall–Kier alpha value is -1.78. The Kier molecular flexibility index (Phi) is 58.0. The van der Waals surface area contributed by atoms with Gasteiger partial charge >= 0.3 is 25.7 Å². The van der Waals surface area contributed by atoms with Crippen LogP contribution in [-0.2, 0) is 42.2 Å². The predicted octanol–water partition coefficient (Wildman–Crippen LogP) is 19.6. The van der Waals surface area contributed by atoms with E-state index >= 15 is 0 Å². The average molecular weight is 1100 g/mol. The fraction of sp³-hybridized carbons (Fsp3) is 0.922. The molecule has 450 valence electrons. The highest BCUT2D eigenvalue weighted by molar-refractivity contribution is 7.47. The van der Waals surface area contributed by atoms with Crippen molar-refractivity contribution >= 4 is 25.7 Å². The number of rotatable bonds is 62. The third-order valence-electron chi connectivity index (χ3n) is 14.7. The van der Waals surface area contributed by atoms with Gasteiger partial charge in [-0.15, -0.1) is 0 Å². The van der Waals surface area contributed by atoms with Crippen LogP contribution in [0.25, 0.3) is 0 Å². The minimum Gasteiger partial charge on any atom is -0.462 e. The summed E-state index contributed by atoms with van der Waals surface area (Å²) in [5.41, 5.74) is 0. The number of esters is 3. The largest absolute Gasteiger partial charge is 0.472 e. The van der Waals surface area contributed by atoms with E-state index in [4.69, 9.17) is 23.3 Å². The van der Waals surface area contributed by atoms with Gasteiger partial charge in [-0.2, -0.15) is 0 Å². The fourth-order valence-electron chi connectivity index (χ4n) is 9.71. The van der Waals surface area contributed by atoms with Crippen LogP contribution in [0.15, 0.2) is 12.2 Å². The second-order valence-corrected chi connectivity index (χ2v) is 23.8. The first-order valence-electron chi connectivity index (χ1n) is 32.6. The van der Waals surface area contributed by atoms with E-state index < -0.39 is 57.8 Å². The highest BCUT2D eigenvalue weighted by Crippen LogP contribution is 2.43. The van der Waals surface area contributed by atoms with E-state index in [0.29, 0.717) is 19.3 Å². The van der Waals surface area contributed by atoms with Crippen molar-refractivity contribution in [1.82, 2.24) is 0 Å². The Morgan fingerprint density at radius 3 is 0.908 bits per heavy atom. The number of hydrogen-bond acceptors (Lipinski definition) is 10. The molecular formula is C64H123O11P. The van der Waals surface area contributed by atoms with Crippen LogP contribution in [0.4, 0.5) is 0 Å². The molecule has 0 radical (unpaired) electrons. The number of allylic oxidation sites excluding steroid dienone is 2. The zero-order valence-corrected chi connectivity index (χ0v) is 50.9. The summed E-state index contributed by atoms with van der Waals surface area (Å²) in [4.78, 5) is 48.7. The molecule has 11 nitrogen and oxygen atoms in total. The Bertz CT molecular complexity index is 1330. The number of hydrogen-bond donors (Lipinski definition) is 2. The average Bonchev–Trinajstić information content (AvgIpc) is 3.41. The lowest BCUT2D eigenvalue weighted by Gasteiger charge is -2.21. The van der Waals surface area contributed by atoms with Crippen LogP contribution in [0, 0.1) is 0 Å². The lowest BCUT2D eigenvalue weighted by molar-refractivity contribution is -0.161. The van der Waals surface area contributed by atoms with Crippen LogP contribution in [-0.4, -0.2) is 66.5 Å². The maximum absolute atomic E-state index is 12.9. The van der Waals surface area contributed by atoms with Gasteiger partial charge in [0.1, 0.15) is 12.7 Å². The minimum absolute atomic E-state index is 0.175. The highest BCUT2D eigenvalue weighted by atomic mass is 31.2. The number of aliphatic hydroxyl groups excluding tert-OH is 1. The maximum atomic E-state index is 12.9. The number of ether oxygens (including phenoxy) is 3. The Balaban J connectivity index is 4.63. The maximum Gasteiger partial charge on any atom is 0.472 e. The van der Waals surface area contributed by atoms with E-state index in [1.54, 1.807) is 0 Å². The molecule has 0 amide bonds. The monoisotopic (exact) mass is 1100 g/mol. The number of phosphoric acid groups is 1. The van der Waals surface area contributed by atoms with Gasteiger partial charge in [0.2, 0.25) is 0 Å². The molecule has 3 atom stereocenters. The Morgan fingerprint density at radius 1 is 0.355 bits per heavy atom. The quantitative estimate of drug-likeness (QED) is 0.0197. The van der Waals surface area contributed by atoms with Gasteiger partial charge in [0, 0.05) is 19.3 Å². The third kappa shape index (κ3) is 56.9. The van der Waals surface area contributed by atoms with Crippen molar-refractivity contribution in [3.8, 4) is 0 Å². The van der Waals surface area contributed by atoms with Gasteiger partial charge in [-0.25, -0.2) is 4.57 Å². The molecule has 0 saturated heterocycles. The molecule has 0 rings (SSSR count). The van der Waals surface area contributed by atoms with Crippen LogP contribution in [0.3, 0.4) is 0 Å². The van der Waals surface area contributed by atoms with Gasteiger partial charge in [0.05, 0.1) is 19.8 Å². The second kappa shape index (κ2) is 59.3. The van der Waals surface area contributed by atoms with E-state index in [2.05, 4.69) is 32.9 Å². The third-order valence-corrected chi connectivity index (χ3v) is 15.6. The normalized spacial score (nSPS) is 13.3. The molecule has 0 spiro atoms. The molecular weight excluding hydrogens is 976 g/mol. The van der Waals surface area contributed by atoms with Crippen molar-refractivity contribution in [2.75, 3.05) is 26.4 Å². The highest BCUT2D eigenvalue weighted by Gasteiger charge is 2.28. The molecule has 0 fully saturated rings. The first-order chi connectivity index (χ1) is 37.2. The predicted molar refractivity (Wildman–Crippen MR) is 317 cm³/mol. The van der Waals surface area contributed by atoms with Crippen LogP contribution >= 0.6 is 7.82 Å². The van der Waals surface area contributed by atoms with Crippen molar-refractivity contribution in [3.63, 3.8) is 0 Å². The number of unbranched alkanes of at least 4 members (excludes halogenated alkanes) is 43. The van der Waals surface area contributed by atoms with Crippen molar-refractivity contribution < 1.29 is 52.2 Å². The van der Waals surface area contributed by atoms with E-state index in [-0.39, 0.29) is 25.9 Å². The summed E-state index contributed by atoms with van der Waals surface area (Å²) in [6.45, 7) is 4.73. The summed E-state index contributed by atoms with van der Waals surface area (Å²) >= 11 is 0. The van der Waals surface area contributed by atoms with Crippen molar-refractivity contribution in [2.45, 2.75) is 354 Å². The second-order valence-electron chi connectivity index (χ2n) is 22.3. The first kappa shape index (κ1) is 74.2. The number of carbonyl (C=O) groups excluding carboxylic acids is 3. The molecule has 3 unspecified atom stereocenters. The molecule has 0 bridgehead atoms. The van der Waals surface area contributed by atoms with Gasteiger partial charge in [-0.3, -0.25) is 23.4 Å². The van der Waals surface area contributed by atoms with Crippen LogP contribution < -0.4 is 0 Å². The van der Waals surface area contributed by atoms with Crippen LogP contribution in [0.1, 0.15) is 342 Å². The number of carbonyl (C=O) groups is 3. The lowest BCUT2D eigenvalue weighted by Crippen LogP contribution is -2.30. The summed E-state index contributed by atoms with van der Waals surface area (Å²) in [5, 5.41) is 9.85. The van der Waals surface area contributed by atoms with E-state index in [1.165, 1.54) is 205 Å². The summed E-state index contributed by atoms with van der Waals surface area (Å²) in [7, 11) is -4.74. The molecule has 76 heavy (non-hydrogen) atoms.